The molecule has 262 valence electrons. The van der Waals surface area contributed by atoms with Gasteiger partial charge in [-0.05, 0) is 90.3 Å². The van der Waals surface area contributed by atoms with E-state index in [0.717, 1.165) is 47.9 Å². The summed E-state index contributed by atoms with van der Waals surface area (Å²) in [6, 6.07) is 10.9. The van der Waals surface area contributed by atoms with Crippen LogP contribution in [0, 0.1) is 0 Å². The molecule has 5 rings (SSSR count). The third-order valence-electron chi connectivity index (χ3n) is 9.37. The van der Waals surface area contributed by atoms with E-state index < -0.39 is 0 Å². The number of nitrogens with one attached hydrogen (secondary N) is 2. The first-order chi connectivity index (χ1) is 23.7. The first-order valence-electron chi connectivity index (χ1n) is 16.8. The standard InChI is InChI=1S/C38H47N3O8/c1-23(42)40-29-13-11-25-19-34(47-4)37(48-5)38(49-6)36(25)27-12-14-30(31(43)21-28(27)29)39-16-9-7-8-10-35(44)41-17-15-24-18-32(45-2)33(46-3)20-26(24)22-41/h12,14,18-21,29H,7-11,13,15-17,22H2,1-6H3,(H,39,43)(H,40,42)/t29-/m0/s1. The smallest absolute Gasteiger partial charge is 0.222 e. The number of benzene rings is 2. The minimum absolute atomic E-state index is 0.144. The molecule has 3 aromatic carbocycles. The van der Waals surface area contributed by atoms with Gasteiger partial charge in [0.2, 0.25) is 23.0 Å². The lowest BCUT2D eigenvalue weighted by Crippen LogP contribution is -2.35. The van der Waals surface area contributed by atoms with Gasteiger partial charge in [0.25, 0.3) is 0 Å². The van der Waals surface area contributed by atoms with Crippen LogP contribution in [0.2, 0.25) is 0 Å². The summed E-state index contributed by atoms with van der Waals surface area (Å²) < 4.78 is 28.0. The van der Waals surface area contributed by atoms with Crippen molar-refractivity contribution >= 4 is 17.5 Å². The molecule has 2 aliphatic rings. The average Bonchev–Trinajstić information content (AvgIpc) is 3.35. The fraction of sp³-hybridized carbons (Fsp3) is 0.447. The summed E-state index contributed by atoms with van der Waals surface area (Å²) in [6.45, 7) is 3.31. The lowest BCUT2D eigenvalue weighted by Gasteiger charge is -2.29. The normalized spacial score (nSPS) is 14.7. The number of hydrogen-bond acceptors (Lipinski definition) is 9. The van der Waals surface area contributed by atoms with Gasteiger partial charge in [-0.2, -0.15) is 0 Å². The Labute approximate surface area is 287 Å². The number of aryl methyl sites for hydroxylation is 1. The first-order valence-corrected chi connectivity index (χ1v) is 16.8. The van der Waals surface area contributed by atoms with E-state index in [0.29, 0.717) is 78.9 Å². The maximum atomic E-state index is 13.6. The summed E-state index contributed by atoms with van der Waals surface area (Å²) in [4.78, 5) is 40.7. The molecule has 2 amide bonds. The van der Waals surface area contributed by atoms with Crippen molar-refractivity contribution in [2.45, 2.75) is 64.5 Å². The second-order valence-corrected chi connectivity index (χ2v) is 12.4. The lowest BCUT2D eigenvalue weighted by atomic mass is 9.95. The number of fused-ring (bicyclic) bond motifs is 4. The van der Waals surface area contributed by atoms with Crippen LogP contribution >= 0.6 is 0 Å². The Kier molecular flexibility index (Phi) is 11.5. The molecule has 1 heterocycles. The minimum Gasteiger partial charge on any atom is -0.493 e. The largest absolute Gasteiger partial charge is 0.493 e. The summed E-state index contributed by atoms with van der Waals surface area (Å²) in [7, 11) is 7.97. The maximum Gasteiger partial charge on any atom is 0.222 e. The summed E-state index contributed by atoms with van der Waals surface area (Å²) in [5.41, 5.74) is 5.85. The number of carbonyl (C=O) groups excluding carboxylic acids is 2. The molecule has 0 radical (unpaired) electrons. The van der Waals surface area contributed by atoms with Crippen molar-refractivity contribution in [3.8, 4) is 39.9 Å². The van der Waals surface area contributed by atoms with E-state index in [9.17, 15) is 14.4 Å². The van der Waals surface area contributed by atoms with Gasteiger partial charge in [0, 0.05) is 38.5 Å². The number of nitrogens with zero attached hydrogens (tertiary/aromatic N) is 1. The second kappa shape index (κ2) is 16.0. The van der Waals surface area contributed by atoms with Gasteiger partial charge in [0.15, 0.2) is 23.0 Å². The highest BCUT2D eigenvalue weighted by molar-refractivity contribution is 5.84. The van der Waals surface area contributed by atoms with E-state index in [1.165, 1.54) is 12.5 Å². The Balaban J connectivity index is 1.25. The van der Waals surface area contributed by atoms with Crippen molar-refractivity contribution in [1.82, 2.24) is 10.2 Å². The quantitative estimate of drug-likeness (QED) is 0.228. The molecule has 0 saturated carbocycles. The van der Waals surface area contributed by atoms with Crippen LogP contribution in [0.25, 0.3) is 11.1 Å². The topological polar surface area (TPSA) is 125 Å². The van der Waals surface area contributed by atoms with E-state index in [-0.39, 0.29) is 23.3 Å². The zero-order valence-electron chi connectivity index (χ0n) is 29.3. The highest BCUT2D eigenvalue weighted by atomic mass is 16.5. The molecule has 0 spiro atoms. The van der Waals surface area contributed by atoms with Crippen molar-refractivity contribution in [2.75, 3.05) is 54.0 Å². The van der Waals surface area contributed by atoms with Crippen LogP contribution in [0.1, 0.15) is 67.3 Å². The molecular formula is C38H47N3O8. The van der Waals surface area contributed by atoms with Crippen LogP contribution in [0.5, 0.6) is 28.7 Å². The van der Waals surface area contributed by atoms with Gasteiger partial charge in [-0.1, -0.05) is 12.5 Å². The summed E-state index contributed by atoms with van der Waals surface area (Å²) >= 11 is 0. The molecule has 1 aliphatic heterocycles. The molecule has 3 aromatic rings. The number of hydrogen-bond donors (Lipinski definition) is 2. The van der Waals surface area contributed by atoms with Crippen LogP contribution in [0.4, 0.5) is 5.69 Å². The van der Waals surface area contributed by atoms with Crippen LogP contribution in [-0.4, -0.2) is 65.4 Å². The van der Waals surface area contributed by atoms with E-state index >= 15 is 0 Å². The number of methoxy groups -OCH3 is 5. The molecule has 1 atom stereocenters. The SMILES string of the molecule is COc1cc2c(cc1OC)CN(C(=O)CCCCCNc1ccc3c(cc1=O)[C@@H](NC(C)=O)CCc1cc(OC)c(OC)c(OC)c1-3)CC2. The van der Waals surface area contributed by atoms with Crippen molar-refractivity contribution in [1.29, 1.82) is 0 Å². The minimum atomic E-state index is -0.370. The molecule has 0 unspecified atom stereocenters. The number of amides is 2. The van der Waals surface area contributed by atoms with Gasteiger partial charge in [0.1, 0.15) is 0 Å². The molecule has 11 nitrogen and oxygen atoms in total. The van der Waals surface area contributed by atoms with E-state index in [1.807, 2.05) is 29.2 Å². The Bertz CT molecular complexity index is 1760. The van der Waals surface area contributed by atoms with Gasteiger partial charge < -0.3 is 39.2 Å². The molecule has 0 fully saturated rings. The van der Waals surface area contributed by atoms with Gasteiger partial charge in [-0.3, -0.25) is 14.4 Å². The number of carbonyl (C=O) groups is 2. The summed E-state index contributed by atoms with van der Waals surface area (Å²) in [6.07, 6.45) is 4.88. The molecule has 1 aliphatic carbocycles. The Hall–Kier alpha value is -4.93. The predicted molar refractivity (Wildman–Crippen MR) is 188 cm³/mol. The Morgan fingerprint density at radius 2 is 1.49 bits per heavy atom. The number of unbranched alkanes of at least 4 members (excludes halogenated alkanes) is 2. The molecular weight excluding hydrogens is 626 g/mol. The van der Waals surface area contributed by atoms with Gasteiger partial charge in [-0.15, -0.1) is 0 Å². The second-order valence-electron chi connectivity index (χ2n) is 12.4. The lowest BCUT2D eigenvalue weighted by molar-refractivity contribution is -0.132. The van der Waals surface area contributed by atoms with Crippen LogP contribution < -0.4 is 39.7 Å². The highest BCUT2D eigenvalue weighted by Gasteiger charge is 2.29. The third-order valence-corrected chi connectivity index (χ3v) is 9.37. The summed E-state index contributed by atoms with van der Waals surface area (Å²) in [5, 5.41) is 6.35. The Morgan fingerprint density at radius 3 is 2.16 bits per heavy atom. The van der Waals surface area contributed by atoms with Gasteiger partial charge in [-0.25, -0.2) is 0 Å². The Morgan fingerprint density at radius 1 is 0.796 bits per heavy atom. The average molecular weight is 674 g/mol. The van der Waals surface area contributed by atoms with Gasteiger partial charge >= 0.3 is 0 Å². The highest BCUT2D eigenvalue weighted by Crippen LogP contribution is 2.50. The third kappa shape index (κ3) is 7.71. The monoisotopic (exact) mass is 673 g/mol. The van der Waals surface area contributed by atoms with E-state index in [1.54, 1.807) is 47.7 Å². The van der Waals surface area contributed by atoms with E-state index in [4.69, 9.17) is 23.7 Å². The van der Waals surface area contributed by atoms with Crippen LogP contribution in [0.3, 0.4) is 0 Å². The van der Waals surface area contributed by atoms with Crippen molar-refractivity contribution in [3.63, 3.8) is 0 Å². The number of ether oxygens (including phenoxy) is 5. The van der Waals surface area contributed by atoms with Crippen LogP contribution in [-0.2, 0) is 29.0 Å². The fourth-order valence-electron chi connectivity index (χ4n) is 6.91. The molecule has 0 bridgehead atoms. The number of rotatable bonds is 13. The fourth-order valence-corrected chi connectivity index (χ4v) is 6.91. The van der Waals surface area contributed by atoms with Crippen molar-refractivity contribution in [3.05, 3.63) is 68.9 Å². The summed E-state index contributed by atoms with van der Waals surface area (Å²) in [5.74, 6) is 2.87. The first kappa shape index (κ1) is 35.4. The zero-order valence-corrected chi connectivity index (χ0v) is 29.3. The molecule has 0 saturated heterocycles. The molecule has 49 heavy (non-hydrogen) atoms. The zero-order chi connectivity index (χ0) is 35.1. The maximum absolute atomic E-state index is 13.6. The molecule has 11 heteroatoms. The number of anilines is 1. The predicted octanol–water partition coefficient (Wildman–Crippen LogP) is 5.44. The van der Waals surface area contributed by atoms with Crippen molar-refractivity contribution < 1.29 is 33.3 Å². The van der Waals surface area contributed by atoms with E-state index in [2.05, 4.69) is 10.6 Å². The van der Waals surface area contributed by atoms with Crippen molar-refractivity contribution in [2.24, 2.45) is 0 Å². The molecule has 2 N–H and O–H groups in total. The molecule has 0 aromatic heterocycles. The van der Waals surface area contributed by atoms with Gasteiger partial charge in [0.05, 0.1) is 47.3 Å². The van der Waals surface area contributed by atoms with Crippen LogP contribution in [0.15, 0.2) is 41.2 Å².